The van der Waals surface area contributed by atoms with Crippen LogP contribution in [-0.2, 0) is 32.3 Å². The Morgan fingerprint density at radius 2 is 1.69 bits per heavy atom. The molecule has 0 aliphatic carbocycles. The number of carbonyl (C=O) groups is 2. The number of amides is 2. The van der Waals surface area contributed by atoms with Crippen molar-refractivity contribution in [3.05, 3.63) is 62.6 Å². The highest BCUT2D eigenvalue weighted by molar-refractivity contribution is 7.92. The molecule has 1 N–H and O–H groups in total. The van der Waals surface area contributed by atoms with Gasteiger partial charge in [0.1, 0.15) is 12.6 Å². The lowest BCUT2D eigenvalue weighted by Gasteiger charge is -2.33. The summed E-state index contributed by atoms with van der Waals surface area (Å²) >= 11 is 18.0. The summed E-state index contributed by atoms with van der Waals surface area (Å²) in [4.78, 5) is 27.9. The minimum atomic E-state index is -4.86. The predicted molar refractivity (Wildman–Crippen MR) is 148 cm³/mol. The zero-order valence-corrected chi connectivity index (χ0v) is 24.6. The van der Waals surface area contributed by atoms with Gasteiger partial charge in [0.25, 0.3) is 0 Å². The van der Waals surface area contributed by atoms with Gasteiger partial charge in [0.2, 0.25) is 21.8 Å². The van der Waals surface area contributed by atoms with Crippen LogP contribution < -0.4 is 9.62 Å². The lowest BCUT2D eigenvalue weighted by Crippen LogP contribution is -2.52. The van der Waals surface area contributed by atoms with E-state index in [1.165, 1.54) is 6.07 Å². The Labute approximate surface area is 241 Å². The predicted octanol–water partition coefficient (Wildman–Crippen LogP) is 6.16. The maximum Gasteiger partial charge on any atom is 0.417 e. The Morgan fingerprint density at radius 1 is 1.03 bits per heavy atom. The average Bonchev–Trinajstić information content (AvgIpc) is 2.82. The van der Waals surface area contributed by atoms with E-state index in [1.807, 2.05) is 6.92 Å². The molecule has 1 unspecified atom stereocenters. The van der Waals surface area contributed by atoms with E-state index >= 15 is 0 Å². The molecule has 39 heavy (non-hydrogen) atoms. The number of halogens is 6. The first-order valence-corrected chi connectivity index (χ1v) is 14.9. The van der Waals surface area contributed by atoms with Crippen molar-refractivity contribution in [2.75, 3.05) is 23.7 Å². The number of hydrogen-bond donors (Lipinski definition) is 1. The number of carbonyl (C=O) groups excluding carboxylic acids is 2. The molecule has 216 valence electrons. The Hall–Kier alpha value is -2.21. The maximum atomic E-state index is 13.7. The molecule has 0 aromatic heterocycles. The zero-order chi connectivity index (χ0) is 29.5. The van der Waals surface area contributed by atoms with Gasteiger partial charge in [-0.15, -0.1) is 0 Å². The number of nitrogens with zero attached hydrogens (tertiary/aromatic N) is 2. The number of rotatable bonds is 12. The van der Waals surface area contributed by atoms with E-state index in [-0.39, 0.29) is 18.0 Å². The van der Waals surface area contributed by atoms with Crippen LogP contribution in [0.4, 0.5) is 18.9 Å². The summed E-state index contributed by atoms with van der Waals surface area (Å²) in [6.45, 7) is 2.94. The van der Waals surface area contributed by atoms with Crippen LogP contribution in [-0.4, -0.2) is 50.5 Å². The van der Waals surface area contributed by atoms with Gasteiger partial charge in [-0.25, -0.2) is 8.42 Å². The summed E-state index contributed by atoms with van der Waals surface area (Å²) in [6, 6.07) is 6.09. The van der Waals surface area contributed by atoms with Crippen LogP contribution in [0.2, 0.25) is 15.1 Å². The molecule has 0 fully saturated rings. The third-order valence-electron chi connectivity index (χ3n) is 5.79. The Kier molecular flexibility index (Phi) is 11.8. The van der Waals surface area contributed by atoms with E-state index in [4.69, 9.17) is 34.8 Å². The lowest BCUT2D eigenvalue weighted by molar-refractivity contribution is -0.140. The highest BCUT2D eigenvalue weighted by atomic mass is 35.5. The average molecular weight is 631 g/mol. The topological polar surface area (TPSA) is 86.8 Å². The molecule has 7 nitrogen and oxygen atoms in total. The van der Waals surface area contributed by atoms with Crippen molar-refractivity contribution in [2.24, 2.45) is 0 Å². The number of nitrogens with one attached hydrogen (secondary N) is 1. The molecular weight excluding hydrogens is 602 g/mol. The number of alkyl halides is 3. The third kappa shape index (κ3) is 9.16. The van der Waals surface area contributed by atoms with E-state index in [1.54, 1.807) is 19.1 Å². The molecule has 2 aromatic carbocycles. The van der Waals surface area contributed by atoms with Crippen LogP contribution in [0.25, 0.3) is 0 Å². The normalized spacial score (nSPS) is 12.6. The van der Waals surface area contributed by atoms with Crippen LogP contribution in [0.15, 0.2) is 36.4 Å². The molecule has 1 atom stereocenters. The molecule has 0 saturated heterocycles. The first-order valence-electron chi connectivity index (χ1n) is 12.0. The van der Waals surface area contributed by atoms with Crippen molar-refractivity contribution in [2.45, 2.75) is 51.9 Å². The smallest absolute Gasteiger partial charge is 0.354 e. The van der Waals surface area contributed by atoms with Crippen molar-refractivity contribution < 1.29 is 31.2 Å². The maximum absolute atomic E-state index is 13.7. The van der Waals surface area contributed by atoms with Crippen molar-refractivity contribution in [1.82, 2.24) is 10.2 Å². The highest BCUT2D eigenvalue weighted by Gasteiger charge is 2.36. The van der Waals surface area contributed by atoms with Crippen LogP contribution in [0.5, 0.6) is 0 Å². The van der Waals surface area contributed by atoms with Gasteiger partial charge in [0, 0.05) is 23.1 Å². The van der Waals surface area contributed by atoms with Gasteiger partial charge >= 0.3 is 6.18 Å². The first kappa shape index (κ1) is 33.0. The second kappa shape index (κ2) is 13.9. The molecule has 2 aromatic rings. The summed E-state index contributed by atoms with van der Waals surface area (Å²) in [7, 11) is -4.25. The Bertz CT molecular complexity index is 1290. The van der Waals surface area contributed by atoms with Gasteiger partial charge in [0.05, 0.1) is 22.5 Å². The lowest BCUT2D eigenvalue weighted by atomic mass is 10.1. The van der Waals surface area contributed by atoms with E-state index in [0.717, 1.165) is 29.7 Å². The van der Waals surface area contributed by atoms with Crippen molar-refractivity contribution in [1.29, 1.82) is 0 Å². The van der Waals surface area contributed by atoms with E-state index < -0.39 is 56.9 Å². The number of anilines is 1. The fraction of sp³-hybridized carbons (Fsp3) is 0.440. The number of unbranched alkanes of at least 4 members (excludes halogenated alkanes) is 1. The minimum absolute atomic E-state index is 0.174. The number of benzene rings is 2. The first-order chi connectivity index (χ1) is 18.1. The molecule has 0 radical (unpaired) electrons. The molecule has 0 aliphatic heterocycles. The SMILES string of the molecule is CCCCNC(=O)C(CC)N(Cc1ccc(Cl)cc1Cl)C(=O)CN(c1ccc(Cl)c(C(F)(F)F)c1)S(C)(=O)=O. The molecule has 0 saturated carbocycles. The van der Waals surface area contributed by atoms with E-state index in [0.29, 0.717) is 33.9 Å². The van der Waals surface area contributed by atoms with Crippen molar-refractivity contribution >= 4 is 62.3 Å². The molecule has 2 rings (SSSR count). The summed E-state index contributed by atoms with van der Waals surface area (Å²) in [6.07, 6.45) is -2.39. The molecule has 14 heteroatoms. The standard InChI is InChI=1S/C25H29Cl3F3N3O4S/c1-4-6-11-32-24(36)22(5-2)33(14-16-7-8-17(26)12-21(16)28)23(35)15-34(39(3,37)38)18-9-10-20(27)19(13-18)25(29,30)31/h7-10,12-13,22H,4-6,11,14-15H2,1-3H3,(H,32,36). The monoisotopic (exact) mass is 629 g/mol. The van der Waals surface area contributed by atoms with Crippen LogP contribution in [0.3, 0.4) is 0 Å². The fourth-order valence-corrected chi connectivity index (χ4v) is 5.29. The van der Waals surface area contributed by atoms with Gasteiger partial charge < -0.3 is 10.2 Å². The van der Waals surface area contributed by atoms with Crippen LogP contribution in [0.1, 0.15) is 44.2 Å². The summed E-state index contributed by atoms with van der Waals surface area (Å²) < 4.78 is 66.2. The van der Waals surface area contributed by atoms with Gasteiger partial charge in [-0.3, -0.25) is 13.9 Å². The second-order valence-corrected chi connectivity index (χ2v) is 11.9. The van der Waals surface area contributed by atoms with Crippen molar-refractivity contribution in [3.63, 3.8) is 0 Å². The molecule has 0 bridgehead atoms. The van der Waals surface area contributed by atoms with Gasteiger partial charge in [-0.2, -0.15) is 13.2 Å². The fourth-order valence-electron chi connectivity index (χ4n) is 3.76. The zero-order valence-electron chi connectivity index (χ0n) is 21.5. The Balaban J connectivity index is 2.53. The minimum Gasteiger partial charge on any atom is -0.354 e. The van der Waals surface area contributed by atoms with E-state index in [9.17, 15) is 31.2 Å². The van der Waals surface area contributed by atoms with Gasteiger partial charge in [0.15, 0.2) is 0 Å². The quantitative estimate of drug-likeness (QED) is 0.285. The number of sulfonamides is 1. The molecule has 2 amide bonds. The van der Waals surface area contributed by atoms with Gasteiger partial charge in [-0.1, -0.05) is 61.1 Å². The number of hydrogen-bond acceptors (Lipinski definition) is 4. The van der Waals surface area contributed by atoms with Gasteiger partial charge in [-0.05, 0) is 48.7 Å². The Morgan fingerprint density at radius 3 is 2.23 bits per heavy atom. The molecule has 0 aliphatic rings. The van der Waals surface area contributed by atoms with Crippen LogP contribution >= 0.6 is 34.8 Å². The summed E-state index contributed by atoms with van der Waals surface area (Å²) in [5, 5.41) is 2.70. The second-order valence-electron chi connectivity index (χ2n) is 8.76. The summed E-state index contributed by atoms with van der Waals surface area (Å²) in [5.41, 5.74) is -1.23. The van der Waals surface area contributed by atoms with Crippen molar-refractivity contribution in [3.8, 4) is 0 Å². The summed E-state index contributed by atoms with van der Waals surface area (Å²) in [5.74, 6) is -1.28. The van der Waals surface area contributed by atoms with Crippen LogP contribution in [0, 0.1) is 0 Å². The largest absolute Gasteiger partial charge is 0.417 e. The molecule has 0 heterocycles. The third-order valence-corrected chi connectivity index (χ3v) is 7.85. The van der Waals surface area contributed by atoms with E-state index in [2.05, 4.69) is 5.32 Å². The molecular formula is C25H29Cl3F3N3O4S. The molecule has 0 spiro atoms. The highest BCUT2D eigenvalue weighted by Crippen LogP contribution is 2.37.